The largest absolute Gasteiger partial charge is 0.316 e. The minimum Gasteiger partial charge on any atom is -0.316 e. The van der Waals surface area contributed by atoms with Gasteiger partial charge in [0.1, 0.15) is 0 Å². The van der Waals surface area contributed by atoms with Crippen LogP contribution in [0.2, 0.25) is 0 Å². The molecule has 0 spiro atoms. The fourth-order valence-electron chi connectivity index (χ4n) is 1.32. The Morgan fingerprint density at radius 1 is 1.31 bits per heavy atom. The van der Waals surface area contributed by atoms with Crippen LogP contribution in [0.3, 0.4) is 0 Å². The molecule has 1 fully saturated rings. The molecule has 1 saturated carbocycles. The highest BCUT2D eigenvalue weighted by atomic mass is 35.5. The van der Waals surface area contributed by atoms with Gasteiger partial charge in [-0.3, -0.25) is 0 Å². The lowest BCUT2D eigenvalue weighted by Crippen LogP contribution is -2.41. The zero-order valence-corrected chi connectivity index (χ0v) is 11.5. The van der Waals surface area contributed by atoms with Gasteiger partial charge in [0.25, 0.3) is 10.2 Å². The molecule has 0 bridgehead atoms. The molecule has 0 aliphatic heterocycles. The quantitative estimate of drug-likeness (QED) is 0.620. The first-order valence-electron chi connectivity index (χ1n) is 5.48. The van der Waals surface area contributed by atoms with Crippen molar-refractivity contribution >= 4 is 22.6 Å². The van der Waals surface area contributed by atoms with E-state index < -0.39 is 10.2 Å². The third kappa shape index (κ3) is 6.00. The van der Waals surface area contributed by atoms with Gasteiger partial charge < -0.3 is 5.32 Å². The molecule has 1 rings (SSSR count). The molecule has 16 heavy (non-hydrogen) atoms. The lowest BCUT2D eigenvalue weighted by atomic mass is 10.4. The van der Waals surface area contributed by atoms with Crippen LogP contribution in [0.1, 0.15) is 19.8 Å². The maximum absolute atomic E-state index is 11.6. The van der Waals surface area contributed by atoms with Gasteiger partial charge in [0, 0.05) is 26.7 Å². The number of nitrogens with one attached hydrogen (secondary N) is 2. The van der Waals surface area contributed by atoms with Crippen molar-refractivity contribution in [1.29, 1.82) is 0 Å². The maximum atomic E-state index is 11.6. The molecule has 0 aromatic heterocycles. The Morgan fingerprint density at radius 2 is 1.94 bits per heavy atom. The van der Waals surface area contributed by atoms with E-state index in [9.17, 15) is 8.42 Å². The molecule has 98 valence electrons. The van der Waals surface area contributed by atoms with Crippen molar-refractivity contribution < 1.29 is 8.42 Å². The molecule has 2 N–H and O–H groups in total. The zero-order chi connectivity index (χ0) is 11.3. The van der Waals surface area contributed by atoms with Crippen LogP contribution in [-0.4, -0.2) is 45.9 Å². The smallest absolute Gasteiger partial charge is 0.279 e. The van der Waals surface area contributed by atoms with Gasteiger partial charge in [0.05, 0.1) is 0 Å². The van der Waals surface area contributed by atoms with E-state index in [-0.39, 0.29) is 12.4 Å². The Morgan fingerprint density at radius 3 is 2.44 bits per heavy atom. The van der Waals surface area contributed by atoms with Crippen molar-refractivity contribution in [3.8, 4) is 0 Å². The second-order valence-electron chi connectivity index (χ2n) is 3.98. The normalized spacial score (nSPS) is 16.2. The van der Waals surface area contributed by atoms with Crippen LogP contribution in [-0.2, 0) is 10.2 Å². The molecule has 1 aliphatic rings. The summed E-state index contributed by atoms with van der Waals surface area (Å²) in [5.41, 5.74) is 0. The summed E-state index contributed by atoms with van der Waals surface area (Å²) in [5, 5.41) is 3.07. The highest BCUT2D eigenvalue weighted by molar-refractivity contribution is 7.87. The van der Waals surface area contributed by atoms with Gasteiger partial charge in [-0.15, -0.1) is 12.4 Å². The molecular weight excluding hydrogens is 250 g/mol. The van der Waals surface area contributed by atoms with Crippen LogP contribution in [0.5, 0.6) is 0 Å². The van der Waals surface area contributed by atoms with Gasteiger partial charge in [-0.1, -0.05) is 6.92 Å². The van der Waals surface area contributed by atoms with Crippen molar-refractivity contribution in [2.45, 2.75) is 19.8 Å². The summed E-state index contributed by atoms with van der Waals surface area (Å²) < 4.78 is 27.3. The Hall–Kier alpha value is 0.120. The molecule has 5 nitrogen and oxygen atoms in total. The van der Waals surface area contributed by atoms with Crippen LogP contribution in [0.25, 0.3) is 0 Å². The monoisotopic (exact) mass is 271 g/mol. The predicted octanol–water partition coefficient (Wildman–Crippen LogP) is 0.194. The fraction of sp³-hybridized carbons (Fsp3) is 1.00. The lowest BCUT2D eigenvalue weighted by Gasteiger charge is -2.17. The van der Waals surface area contributed by atoms with Gasteiger partial charge >= 0.3 is 0 Å². The van der Waals surface area contributed by atoms with Gasteiger partial charge in [-0.25, -0.2) is 4.72 Å². The third-order valence-electron chi connectivity index (χ3n) is 2.46. The summed E-state index contributed by atoms with van der Waals surface area (Å²) in [7, 11) is -1.62. The van der Waals surface area contributed by atoms with E-state index in [4.69, 9.17) is 0 Å². The Labute approximate surface area is 105 Å². The molecule has 0 heterocycles. The summed E-state index contributed by atoms with van der Waals surface area (Å²) >= 11 is 0. The van der Waals surface area contributed by atoms with Crippen LogP contribution in [0.15, 0.2) is 0 Å². The van der Waals surface area contributed by atoms with Crippen LogP contribution >= 0.6 is 12.4 Å². The summed E-state index contributed by atoms with van der Waals surface area (Å²) in [6, 6.07) is 0. The van der Waals surface area contributed by atoms with E-state index in [1.165, 1.54) is 4.31 Å². The number of likely N-dealkylation sites (N-methyl/N-ethyl adjacent to an activating group) is 1. The van der Waals surface area contributed by atoms with Crippen molar-refractivity contribution in [2.75, 3.05) is 33.2 Å². The summed E-state index contributed by atoms with van der Waals surface area (Å²) in [5.74, 6) is 0.584. The standard InChI is InChI=1S/C9H21N3O2S.ClH/c1-3-10-6-7-11-15(13,14)12(2)8-9-4-5-9;/h9-11H,3-8H2,1-2H3;1H. The molecule has 7 heteroatoms. The highest BCUT2D eigenvalue weighted by Crippen LogP contribution is 2.29. The number of rotatable bonds is 8. The molecule has 0 unspecified atom stereocenters. The topological polar surface area (TPSA) is 61.4 Å². The van der Waals surface area contributed by atoms with Crippen molar-refractivity contribution in [3.63, 3.8) is 0 Å². The lowest BCUT2D eigenvalue weighted by molar-refractivity contribution is 0.442. The first-order chi connectivity index (χ1) is 7.06. The first kappa shape index (κ1) is 16.1. The van der Waals surface area contributed by atoms with E-state index in [1.54, 1.807) is 7.05 Å². The molecular formula is C9H22ClN3O2S. The molecule has 0 aromatic rings. The molecule has 0 aromatic carbocycles. The number of nitrogens with zero attached hydrogens (tertiary/aromatic N) is 1. The maximum Gasteiger partial charge on any atom is 0.279 e. The summed E-state index contributed by atoms with van der Waals surface area (Å²) in [6.45, 7) is 4.63. The second-order valence-corrected chi connectivity index (χ2v) is 5.84. The minimum absolute atomic E-state index is 0. The van der Waals surface area contributed by atoms with E-state index in [2.05, 4.69) is 10.0 Å². The van der Waals surface area contributed by atoms with Gasteiger partial charge in [0.15, 0.2) is 0 Å². The first-order valence-corrected chi connectivity index (χ1v) is 6.92. The Kier molecular flexibility index (Phi) is 7.50. The summed E-state index contributed by atoms with van der Waals surface area (Å²) in [4.78, 5) is 0. The predicted molar refractivity (Wildman–Crippen MR) is 68.1 cm³/mol. The van der Waals surface area contributed by atoms with Gasteiger partial charge in [-0.2, -0.15) is 12.7 Å². The average molecular weight is 272 g/mol. The van der Waals surface area contributed by atoms with E-state index in [0.29, 0.717) is 25.6 Å². The van der Waals surface area contributed by atoms with E-state index >= 15 is 0 Å². The average Bonchev–Trinajstić information content (AvgIpc) is 2.96. The number of halogens is 1. The zero-order valence-electron chi connectivity index (χ0n) is 9.90. The van der Waals surface area contributed by atoms with Gasteiger partial charge in [0.2, 0.25) is 0 Å². The Balaban J connectivity index is 0.00000225. The third-order valence-corrected chi connectivity index (χ3v) is 4.00. The van der Waals surface area contributed by atoms with E-state index in [1.807, 2.05) is 6.92 Å². The van der Waals surface area contributed by atoms with Crippen LogP contribution < -0.4 is 10.0 Å². The van der Waals surface area contributed by atoms with Crippen molar-refractivity contribution in [1.82, 2.24) is 14.3 Å². The van der Waals surface area contributed by atoms with Crippen molar-refractivity contribution in [3.05, 3.63) is 0 Å². The SMILES string of the molecule is CCNCCNS(=O)(=O)N(C)CC1CC1.Cl. The number of hydrogen-bond acceptors (Lipinski definition) is 3. The van der Waals surface area contributed by atoms with Gasteiger partial charge in [-0.05, 0) is 25.3 Å². The fourth-order valence-corrected chi connectivity index (χ4v) is 2.30. The Bertz CT molecular complexity index is 280. The molecule has 0 radical (unpaired) electrons. The van der Waals surface area contributed by atoms with Crippen LogP contribution in [0, 0.1) is 5.92 Å². The van der Waals surface area contributed by atoms with E-state index in [0.717, 1.165) is 19.4 Å². The van der Waals surface area contributed by atoms with Crippen LogP contribution in [0.4, 0.5) is 0 Å². The van der Waals surface area contributed by atoms with Crippen molar-refractivity contribution in [2.24, 2.45) is 5.92 Å². The minimum atomic E-state index is -3.25. The molecule has 0 atom stereocenters. The second kappa shape index (κ2) is 7.45. The molecule has 1 aliphatic carbocycles. The summed E-state index contributed by atoms with van der Waals surface area (Å²) in [6.07, 6.45) is 2.33. The highest BCUT2D eigenvalue weighted by Gasteiger charge is 2.27. The molecule has 0 saturated heterocycles. The number of hydrogen-bond donors (Lipinski definition) is 2. The molecule has 0 amide bonds.